The number of aromatic nitrogens is 4. The highest BCUT2D eigenvalue weighted by Crippen LogP contribution is 2.37. The van der Waals surface area contributed by atoms with Gasteiger partial charge in [0.25, 0.3) is 0 Å². The van der Waals surface area contributed by atoms with Crippen LogP contribution >= 0.6 is 0 Å². The maximum atomic E-state index is 13.6. The quantitative estimate of drug-likeness (QED) is 0.461. The Labute approximate surface area is 170 Å². The molecule has 0 radical (unpaired) electrons. The molecule has 3 heterocycles. The van der Waals surface area contributed by atoms with Gasteiger partial charge in [0.05, 0.1) is 16.6 Å². The maximum Gasteiger partial charge on any atom is 0.417 e. The summed E-state index contributed by atoms with van der Waals surface area (Å²) >= 11 is 0. The summed E-state index contributed by atoms with van der Waals surface area (Å²) in [6.07, 6.45) is -4.56. The lowest BCUT2D eigenvalue weighted by molar-refractivity contribution is -0.136. The van der Waals surface area contributed by atoms with Gasteiger partial charge in [0.15, 0.2) is 5.65 Å². The molecule has 3 aromatic heterocycles. The molecule has 0 atom stereocenters. The minimum atomic E-state index is -4.56. The number of fused-ring (bicyclic) bond motifs is 1. The van der Waals surface area contributed by atoms with Crippen LogP contribution < -0.4 is 4.74 Å². The topological polar surface area (TPSA) is 66.0 Å². The van der Waals surface area contributed by atoms with E-state index in [1.165, 1.54) is 11.6 Å². The Balaban J connectivity index is 1.64. The molecule has 0 N–H and O–H groups in total. The van der Waals surface area contributed by atoms with Crippen LogP contribution in [0.4, 0.5) is 13.2 Å². The van der Waals surface area contributed by atoms with Crippen molar-refractivity contribution >= 4 is 11.0 Å². The van der Waals surface area contributed by atoms with E-state index in [9.17, 15) is 13.2 Å². The van der Waals surface area contributed by atoms with Crippen LogP contribution in [0.25, 0.3) is 22.5 Å². The second-order valence-corrected chi connectivity index (χ2v) is 7.09. The molecule has 9 heteroatoms. The Kier molecular flexibility index (Phi) is 4.76. The zero-order valence-corrected chi connectivity index (χ0v) is 16.8. The third-order valence-electron chi connectivity index (χ3n) is 4.80. The number of aryl methyl sites for hydroxylation is 4. The SMILES string of the molecule is Cc1ccc(-c2nc(COc3cc(C(F)(F)F)c4c(C)nn(C)c4n3)c(C)o2)cc1. The lowest BCUT2D eigenvalue weighted by atomic mass is 10.1. The van der Waals surface area contributed by atoms with Crippen LogP contribution in [-0.4, -0.2) is 19.7 Å². The summed E-state index contributed by atoms with van der Waals surface area (Å²) in [6.45, 7) is 5.15. The van der Waals surface area contributed by atoms with Crippen LogP contribution in [-0.2, 0) is 19.8 Å². The van der Waals surface area contributed by atoms with Crippen LogP contribution in [0.1, 0.15) is 28.3 Å². The van der Waals surface area contributed by atoms with E-state index in [4.69, 9.17) is 9.15 Å². The third kappa shape index (κ3) is 3.62. The number of halogens is 3. The summed E-state index contributed by atoms with van der Waals surface area (Å²) in [4.78, 5) is 8.63. The summed E-state index contributed by atoms with van der Waals surface area (Å²) in [5.41, 5.74) is 1.94. The Morgan fingerprint density at radius 2 is 1.77 bits per heavy atom. The standard InChI is InChI=1S/C21H19F3N4O2/c1-11-5-7-14(8-6-11)20-25-16(13(3)30-20)10-29-17-9-15(21(22,23)24)18-12(2)27-28(4)19(18)26-17/h5-9H,10H2,1-4H3. The van der Waals surface area contributed by atoms with Crippen molar-refractivity contribution in [2.45, 2.75) is 33.6 Å². The van der Waals surface area contributed by atoms with Gasteiger partial charge in [-0.1, -0.05) is 17.7 Å². The molecule has 0 aliphatic carbocycles. The van der Waals surface area contributed by atoms with Crippen molar-refractivity contribution in [3.05, 3.63) is 58.6 Å². The Morgan fingerprint density at radius 3 is 2.43 bits per heavy atom. The highest BCUT2D eigenvalue weighted by Gasteiger charge is 2.35. The summed E-state index contributed by atoms with van der Waals surface area (Å²) < 4.78 is 53.3. The number of ether oxygens (including phenoxy) is 1. The number of nitrogens with zero attached hydrogens (tertiary/aromatic N) is 4. The zero-order chi connectivity index (χ0) is 21.6. The predicted octanol–water partition coefficient (Wildman–Crippen LogP) is 5.15. The fraction of sp³-hybridized carbons (Fsp3) is 0.286. The second kappa shape index (κ2) is 7.16. The lowest BCUT2D eigenvalue weighted by Crippen LogP contribution is -2.09. The van der Waals surface area contributed by atoms with Gasteiger partial charge in [-0.05, 0) is 32.9 Å². The van der Waals surface area contributed by atoms with E-state index in [-0.39, 0.29) is 29.2 Å². The van der Waals surface area contributed by atoms with Gasteiger partial charge in [-0.2, -0.15) is 23.3 Å². The van der Waals surface area contributed by atoms with Crippen molar-refractivity contribution < 1.29 is 22.3 Å². The van der Waals surface area contributed by atoms with E-state index in [1.807, 2.05) is 31.2 Å². The average Bonchev–Trinajstić information content (AvgIpc) is 3.19. The molecule has 30 heavy (non-hydrogen) atoms. The molecule has 0 unspecified atom stereocenters. The number of pyridine rings is 1. The summed E-state index contributed by atoms with van der Waals surface area (Å²) in [7, 11) is 1.54. The molecular weight excluding hydrogens is 397 g/mol. The van der Waals surface area contributed by atoms with Gasteiger partial charge in [-0.15, -0.1) is 0 Å². The van der Waals surface area contributed by atoms with Crippen LogP contribution in [0.5, 0.6) is 5.88 Å². The highest BCUT2D eigenvalue weighted by molar-refractivity contribution is 5.83. The lowest BCUT2D eigenvalue weighted by Gasteiger charge is -2.11. The molecule has 0 saturated carbocycles. The number of benzene rings is 1. The van der Waals surface area contributed by atoms with E-state index in [2.05, 4.69) is 15.1 Å². The van der Waals surface area contributed by atoms with Gasteiger partial charge in [0.1, 0.15) is 18.1 Å². The minimum absolute atomic E-state index is 0.0309. The number of alkyl halides is 3. The van der Waals surface area contributed by atoms with Gasteiger partial charge in [-0.3, -0.25) is 4.68 Å². The molecule has 4 rings (SSSR count). The fourth-order valence-electron chi connectivity index (χ4n) is 3.24. The van der Waals surface area contributed by atoms with Gasteiger partial charge in [-0.25, -0.2) is 4.98 Å². The van der Waals surface area contributed by atoms with E-state index in [1.54, 1.807) is 14.0 Å². The van der Waals surface area contributed by atoms with Gasteiger partial charge < -0.3 is 9.15 Å². The van der Waals surface area contributed by atoms with Gasteiger partial charge in [0.2, 0.25) is 11.8 Å². The summed E-state index contributed by atoms with van der Waals surface area (Å²) in [5.74, 6) is 0.795. The van der Waals surface area contributed by atoms with Crippen molar-refractivity contribution in [3.8, 4) is 17.3 Å². The first-order chi connectivity index (χ1) is 14.1. The molecule has 0 aliphatic heterocycles. The first-order valence-electron chi connectivity index (χ1n) is 9.21. The Hall–Kier alpha value is -3.36. The first-order valence-corrected chi connectivity index (χ1v) is 9.21. The molecule has 0 amide bonds. The minimum Gasteiger partial charge on any atom is -0.471 e. The van der Waals surface area contributed by atoms with E-state index in [0.29, 0.717) is 17.3 Å². The Bertz CT molecular complexity index is 1220. The molecule has 4 aromatic rings. The van der Waals surface area contributed by atoms with E-state index in [0.717, 1.165) is 17.2 Å². The largest absolute Gasteiger partial charge is 0.471 e. The van der Waals surface area contributed by atoms with Crippen molar-refractivity contribution in [2.75, 3.05) is 0 Å². The molecule has 0 spiro atoms. The molecule has 0 aliphatic rings. The van der Waals surface area contributed by atoms with Gasteiger partial charge in [0, 0.05) is 18.7 Å². The van der Waals surface area contributed by atoms with E-state index >= 15 is 0 Å². The van der Waals surface area contributed by atoms with Crippen molar-refractivity contribution in [3.63, 3.8) is 0 Å². The number of hydrogen-bond donors (Lipinski definition) is 0. The molecule has 156 valence electrons. The van der Waals surface area contributed by atoms with Crippen molar-refractivity contribution in [2.24, 2.45) is 7.05 Å². The molecule has 1 aromatic carbocycles. The summed E-state index contributed by atoms with van der Waals surface area (Å²) in [6, 6.07) is 8.56. The number of rotatable bonds is 4. The summed E-state index contributed by atoms with van der Waals surface area (Å²) in [5, 5.41) is 4.02. The normalized spacial score (nSPS) is 12.0. The van der Waals surface area contributed by atoms with Crippen LogP contribution in [0.2, 0.25) is 0 Å². The van der Waals surface area contributed by atoms with Crippen LogP contribution in [0.3, 0.4) is 0 Å². The van der Waals surface area contributed by atoms with E-state index < -0.39 is 11.7 Å². The van der Waals surface area contributed by atoms with Crippen LogP contribution in [0.15, 0.2) is 34.7 Å². The maximum absolute atomic E-state index is 13.6. The van der Waals surface area contributed by atoms with Crippen LogP contribution in [0, 0.1) is 20.8 Å². The molecule has 6 nitrogen and oxygen atoms in total. The predicted molar refractivity (Wildman–Crippen MR) is 104 cm³/mol. The number of hydrogen-bond acceptors (Lipinski definition) is 5. The monoisotopic (exact) mass is 416 g/mol. The first kappa shape index (κ1) is 19.9. The number of oxazole rings is 1. The molecule has 0 saturated heterocycles. The smallest absolute Gasteiger partial charge is 0.417 e. The highest BCUT2D eigenvalue weighted by atomic mass is 19.4. The zero-order valence-electron chi connectivity index (χ0n) is 16.8. The third-order valence-corrected chi connectivity index (χ3v) is 4.80. The molecule has 0 fully saturated rings. The van der Waals surface area contributed by atoms with Gasteiger partial charge >= 0.3 is 6.18 Å². The molecular formula is C21H19F3N4O2. The fourth-order valence-corrected chi connectivity index (χ4v) is 3.24. The average molecular weight is 416 g/mol. The second-order valence-electron chi connectivity index (χ2n) is 7.09. The molecule has 0 bridgehead atoms. The van der Waals surface area contributed by atoms with Crippen molar-refractivity contribution in [1.82, 2.24) is 19.7 Å². The Morgan fingerprint density at radius 1 is 1.07 bits per heavy atom. The van der Waals surface area contributed by atoms with Crippen molar-refractivity contribution in [1.29, 1.82) is 0 Å².